The maximum absolute atomic E-state index is 2.23. The van der Waals surface area contributed by atoms with Crippen LogP contribution in [0.2, 0.25) is 0 Å². The molecule has 0 rings (SSSR count). The van der Waals surface area contributed by atoms with E-state index in [1.54, 1.807) is 0 Å². The fraction of sp³-hybridized carbons (Fsp3) is 1.00. The molecule has 40 heavy (non-hydrogen) atoms. The molecule has 22 heteroatoms. The minimum Gasteiger partial charge on any atom is -1.00 e. The largest absolute Gasteiger partial charge is 1.00 e. The van der Waals surface area contributed by atoms with Gasteiger partial charge in [-0.15, -0.1) is 47.5 Å². The van der Waals surface area contributed by atoms with E-state index in [4.69, 9.17) is 0 Å². The summed E-state index contributed by atoms with van der Waals surface area (Å²) in [4.78, 5) is 0. The second kappa shape index (κ2) is 145. The van der Waals surface area contributed by atoms with Crippen LogP contribution in [0.3, 0.4) is 0 Å². The zero-order chi connectivity index (χ0) is 21.5. The van der Waals surface area contributed by atoms with Crippen molar-refractivity contribution in [1.29, 1.82) is 0 Å². The summed E-state index contributed by atoms with van der Waals surface area (Å²) in [6.45, 7) is 40.2. The Bertz CT molecular complexity index is 149. The number of hydrogen-bond acceptors (Lipinski definition) is 0. The molecule has 0 fully saturated rings. The van der Waals surface area contributed by atoms with E-state index in [-0.39, 0.29) is 247 Å². The molecule has 0 N–H and O–H groups in total. The van der Waals surface area contributed by atoms with Crippen LogP contribution in [0.15, 0.2) is 0 Å². The van der Waals surface area contributed by atoms with Crippen molar-refractivity contribution in [1.82, 2.24) is 0 Å². The van der Waals surface area contributed by atoms with E-state index in [0.717, 1.165) is 0 Å². The first-order chi connectivity index (χ1) is 10.4. The molecule has 0 saturated carbocycles. The fourth-order valence-electron chi connectivity index (χ4n) is 0. The van der Waals surface area contributed by atoms with Crippen molar-refractivity contribution >= 4 is 47.5 Å². The third kappa shape index (κ3) is 1150. The molecule has 0 heterocycles. The van der Waals surface area contributed by atoms with Crippen LogP contribution in [0.25, 0.3) is 0 Å². The van der Waals surface area contributed by atoms with Gasteiger partial charge < -0.3 is 124 Å². The van der Waals surface area contributed by atoms with Crippen LogP contribution >= 0.6 is 47.5 Å². The van der Waals surface area contributed by atoms with Crippen molar-refractivity contribution in [3.63, 3.8) is 0 Å². The summed E-state index contributed by atoms with van der Waals surface area (Å²) < 4.78 is 0. The summed E-state index contributed by atoms with van der Waals surface area (Å²) in [6, 6.07) is 0. The molecule has 6 radical (unpaired) electrons. The summed E-state index contributed by atoms with van der Waals surface area (Å²) in [5.74, 6) is 0. The third-order valence-corrected chi connectivity index (χ3v) is 0. The van der Waals surface area contributed by atoms with Crippen LogP contribution < -0.4 is 124 Å². The van der Waals surface area contributed by atoms with Crippen LogP contribution in [0.5, 0.6) is 0 Å². The van der Waals surface area contributed by atoms with Crippen LogP contribution in [0.4, 0.5) is 0 Å². The maximum atomic E-state index is 2.23. The van der Waals surface area contributed by atoms with Gasteiger partial charge in [-0.2, -0.15) is 0 Å². The molecule has 0 aromatic rings. The van der Waals surface area contributed by atoms with E-state index in [1.165, 1.54) is 0 Å². The van der Waals surface area contributed by atoms with E-state index in [9.17, 15) is 0 Å². The van der Waals surface area contributed by atoms with E-state index >= 15 is 0 Å². The van der Waals surface area contributed by atoms with Gasteiger partial charge in [-0.3, -0.25) is 0 Å². The summed E-state index contributed by atoms with van der Waals surface area (Å²) in [5.41, 5.74) is 0. The Kier molecular flexibility index (Phi) is 558. The van der Waals surface area contributed by atoms with Gasteiger partial charge in [0.1, 0.15) is 0 Å². The topological polar surface area (TPSA) is 0 Å². The predicted molar refractivity (Wildman–Crippen MR) is 148 cm³/mol. The molecule has 0 aliphatic rings. The molecule has 0 aromatic heterocycles. The molecule has 0 aliphatic carbocycles. The minimum atomic E-state index is 0. The molecule has 0 amide bonds. The molecule has 0 aromatic carbocycles. The van der Waals surface area contributed by atoms with Gasteiger partial charge in [-0.05, 0) is 120 Å². The molecule has 0 aliphatic heterocycles. The van der Waals surface area contributed by atoms with Gasteiger partial charge >= 0.3 is 0 Å². The fourth-order valence-corrected chi connectivity index (χ4v) is 0. The Morgan fingerprint density at radius 1 is 0.150 bits per heavy atom. The van der Waals surface area contributed by atoms with Crippen LogP contribution in [-0.4, -0.2) is 120 Å². The van der Waals surface area contributed by atoms with Gasteiger partial charge in [-0.25, -0.2) is 0 Å². The first-order valence-corrected chi connectivity index (χ1v) is 24.1. The average Bonchev–Trinajstić information content (AvgIpc) is 2.08. The summed E-state index contributed by atoms with van der Waals surface area (Å²) in [5, 5.41) is 0. The van der Waals surface area contributed by atoms with E-state index in [2.05, 4.69) is 120 Å². The van der Waals surface area contributed by atoms with Gasteiger partial charge in [0, 0.05) is 123 Å². The van der Waals surface area contributed by atoms with Gasteiger partial charge in [0.15, 0.2) is 0 Å². The number of hydrogen-bond donors (Lipinski definition) is 0. The quantitative estimate of drug-likeness (QED) is 0.212. The van der Waals surface area contributed by atoms with E-state index in [0.29, 0.717) is 47.5 Å². The average molecular weight is 1930 g/mol. The minimum absolute atomic E-state index is 0. The summed E-state index contributed by atoms with van der Waals surface area (Å²) in [7, 11) is 2.28. The zero-order valence-electron chi connectivity index (χ0n) is 26.7. The second-order valence-electron chi connectivity index (χ2n) is 8.05. The van der Waals surface area contributed by atoms with Gasteiger partial charge in [0.2, 0.25) is 0 Å². The van der Waals surface area contributed by atoms with Crippen molar-refractivity contribution in [2.45, 2.75) is 0 Å². The number of halogens is 10. The predicted octanol–water partition coefficient (Wildman–Crippen LogP) is -21.8. The van der Waals surface area contributed by atoms with Crippen molar-refractivity contribution < 1.29 is 247 Å². The maximum Gasteiger partial charge on any atom is 0 e. The summed E-state index contributed by atoms with van der Waals surface area (Å²) in [6.07, 6.45) is 0. The molecule has 0 unspecified atom stereocenters. The monoisotopic (exact) mass is 1930 g/mol. The zero-order valence-corrected chi connectivity index (χ0v) is 56.0. The Morgan fingerprint density at radius 3 is 0.150 bits per heavy atom. The van der Waals surface area contributed by atoms with Crippen molar-refractivity contribution in [2.24, 2.45) is 0 Å². The molecule has 0 bridgehead atoms. The Balaban J connectivity index is -0.00000000450. The van der Waals surface area contributed by atoms with Crippen LogP contribution in [0, 0.1) is 0 Å². The normalized spacial score (nSPS) is 5.40. The number of rotatable bonds is 0. The van der Waals surface area contributed by atoms with Crippen molar-refractivity contribution in [3.05, 3.63) is 0 Å². The van der Waals surface area contributed by atoms with Crippen LogP contribution in [-0.2, 0) is 123 Å². The third-order valence-electron chi connectivity index (χ3n) is 0. The van der Waals surface area contributed by atoms with E-state index in [1.807, 2.05) is 0 Å². The smallest absolute Gasteiger partial charge is 0 e. The van der Waals surface area contributed by atoms with Crippen molar-refractivity contribution in [3.8, 4) is 0 Å². The van der Waals surface area contributed by atoms with Gasteiger partial charge in [0.25, 0.3) is 0 Å². The Hall–Kier alpha value is 9.45. The summed E-state index contributed by atoms with van der Waals surface area (Å²) >= 11 is 0. The van der Waals surface area contributed by atoms with Gasteiger partial charge in [0.05, 0.1) is 0 Å². The van der Waals surface area contributed by atoms with Gasteiger partial charge in [-0.1, -0.05) is 0 Å². The molecular formula is C18H54Cl10P6Re6-10. The van der Waals surface area contributed by atoms with E-state index < -0.39 is 0 Å². The first-order valence-electron chi connectivity index (χ1n) is 8.05. The molecule has 278 valence electrons. The SMILES string of the molecule is CP(C)C.CP(C)C.CP(C)C.CP(C)C.CP(C)C.CP(C)C.[Cl-].[Cl-].[Cl-].[Cl-].[Cl-].[Cl-].[Cl-].[Cl-].[Cl-].[Cl-].[Re].[Re].[Re].[Re].[Re].[Re]. The second-order valence-corrected chi connectivity index (χ2v) is 24.1. The Morgan fingerprint density at radius 2 is 0.150 bits per heavy atom. The molecule has 0 spiro atoms. The molecule has 0 atom stereocenters. The molecule has 0 saturated heterocycles. The first kappa shape index (κ1) is 154. The Labute approximate surface area is 407 Å². The standard InChI is InChI=1S/6C3H9P.10ClH.6Re/c6*1-4(2)3;;;;;;;;;;;;;;;;/h6*1-3H3;10*1H;;;;;;/p-10. The van der Waals surface area contributed by atoms with Crippen molar-refractivity contribution in [2.75, 3.05) is 120 Å². The molecular weight excluding hydrogens is 1870 g/mol. The molecule has 0 nitrogen and oxygen atoms in total. The van der Waals surface area contributed by atoms with Crippen LogP contribution in [0.1, 0.15) is 0 Å².